The molecule has 1 atom stereocenters. The average Bonchev–Trinajstić information content (AvgIpc) is 2.75. The molecule has 0 aliphatic heterocycles. The van der Waals surface area contributed by atoms with Crippen LogP contribution in [0.3, 0.4) is 0 Å². The maximum atomic E-state index is 12.7. The molecule has 156 valence electrons. The molecule has 8 heteroatoms. The SMILES string of the molecule is CCNCc1ccc(-c2nc(O)c(O)c(C(=O)NC(C)C3CCCCC3)n2)nc1. The molecule has 3 rings (SSSR count). The minimum absolute atomic E-state index is 0.0359. The maximum Gasteiger partial charge on any atom is 0.274 e. The maximum absolute atomic E-state index is 12.7. The number of hydrogen-bond donors (Lipinski definition) is 4. The van der Waals surface area contributed by atoms with E-state index in [0.717, 1.165) is 24.9 Å². The number of aromatic nitrogens is 3. The Morgan fingerprint density at radius 1 is 1.21 bits per heavy atom. The van der Waals surface area contributed by atoms with Gasteiger partial charge in [-0.15, -0.1) is 0 Å². The fraction of sp³-hybridized carbons (Fsp3) is 0.524. The van der Waals surface area contributed by atoms with Gasteiger partial charge in [-0.3, -0.25) is 9.78 Å². The van der Waals surface area contributed by atoms with Gasteiger partial charge in [-0.2, -0.15) is 4.98 Å². The van der Waals surface area contributed by atoms with Crippen LogP contribution in [-0.2, 0) is 6.54 Å². The van der Waals surface area contributed by atoms with Crippen LogP contribution in [0.1, 0.15) is 62.0 Å². The summed E-state index contributed by atoms with van der Waals surface area (Å²) in [6.45, 7) is 5.54. The minimum atomic E-state index is -0.635. The second-order valence-corrected chi connectivity index (χ2v) is 7.56. The summed E-state index contributed by atoms with van der Waals surface area (Å²) in [5, 5.41) is 26.3. The molecule has 8 nitrogen and oxygen atoms in total. The van der Waals surface area contributed by atoms with E-state index < -0.39 is 17.5 Å². The van der Waals surface area contributed by atoms with E-state index in [1.54, 1.807) is 12.3 Å². The van der Waals surface area contributed by atoms with Gasteiger partial charge >= 0.3 is 0 Å². The fourth-order valence-electron chi connectivity index (χ4n) is 3.67. The van der Waals surface area contributed by atoms with Crippen molar-refractivity contribution in [3.63, 3.8) is 0 Å². The molecule has 1 aliphatic carbocycles. The Morgan fingerprint density at radius 2 is 1.97 bits per heavy atom. The molecule has 1 saturated carbocycles. The number of nitrogens with zero attached hydrogens (tertiary/aromatic N) is 3. The Balaban J connectivity index is 1.78. The van der Waals surface area contributed by atoms with Gasteiger partial charge in [0.2, 0.25) is 5.75 Å². The molecule has 29 heavy (non-hydrogen) atoms. The molecule has 0 bridgehead atoms. The highest BCUT2D eigenvalue weighted by atomic mass is 16.3. The fourth-order valence-corrected chi connectivity index (χ4v) is 3.67. The first-order valence-corrected chi connectivity index (χ1v) is 10.3. The Hall–Kier alpha value is -2.74. The molecule has 1 aliphatic rings. The van der Waals surface area contributed by atoms with Gasteiger partial charge in [0.15, 0.2) is 11.5 Å². The number of hydrogen-bond acceptors (Lipinski definition) is 7. The molecule has 1 unspecified atom stereocenters. The third kappa shape index (κ3) is 5.20. The van der Waals surface area contributed by atoms with Crippen molar-refractivity contribution in [2.24, 2.45) is 5.92 Å². The van der Waals surface area contributed by atoms with Crippen molar-refractivity contribution in [1.82, 2.24) is 25.6 Å². The highest BCUT2D eigenvalue weighted by Gasteiger charge is 2.25. The molecule has 0 aromatic carbocycles. The van der Waals surface area contributed by atoms with Crippen LogP contribution < -0.4 is 10.6 Å². The van der Waals surface area contributed by atoms with E-state index in [1.165, 1.54) is 19.3 Å². The largest absolute Gasteiger partial charge is 0.501 e. The van der Waals surface area contributed by atoms with E-state index in [0.29, 0.717) is 18.2 Å². The Kier molecular flexibility index (Phi) is 6.98. The lowest BCUT2D eigenvalue weighted by Crippen LogP contribution is -2.39. The van der Waals surface area contributed by atoms with Crippen molar-refractivity contribution < 1.29 is 15.0 Å². The molecular weight excluding hydrogens is 370 g/mol. The Bertz CT molecular complexity index is 835. The van der Waals surface area contributed by atoms with Crippen molar-refractivity contribution in [1.29, 1.82) is 0 Å². The molecule has 0 radical (unpaired) electrons. The molecule has 2 aromatic heterocycles. The molecule has 4 N–H and O–H groups in total. The first kappa shape index (κ1) is 21.0. The standard InChI is InChI=1S/C21H29N5O3/c1-3-22-11-14-9-10-16(23-12-14)19-25-17(18(27)21(29)26-19)20(28)24-13(2)15-7-5-4-6-8-15/h9-10,12-13,15,22,27H,3-8,11H2,1-2H3,(H,24,28)(H,25,26,29). The number of carbonyl (C=O) groups excluding carboxylic acids is 1. The van der Waals surface area contributed by atoms with Crippen LogP contribution in [0.15, 0.2) is 18.3 Å². The third-order valence-electron chi connectivity index (χ3n) is 5.43. The van der Waals surface area contributed by atoms with Gasteiger partial charge in [0.05, 0.1) is 0 Å². The van der Waals surface area contributed by atoms with Crippen molar-refractivity contribution in [2.45, 2.75) is 58.5 Å². The Labute approximate surface area is 170 Å². The lowest BCUT2D eigenvalue weighted by Gasteiger charge is -2.28. The molecule has 0 spiro atoms. The summed E-state index contributed by atoms with van der Waals surface area (Å²) in [7, 11) is 0. The number of carbonyl (C=O) groups is 1. The van der Waals surface area contributed by atoms with Crippen molar-refractivity contribution in [3.8, 4) is 23.1 Å². The zero-order chi connectivity index (χ0) is 20.8. The lowest BCUT2D eigenvalue weighted by molar-refractivity contribution is 0.0910. The summed E-state index contributed by atoms with van der Waals surface area (Å²) >= 11 is 0. The van der Waals surface area contributed by atoms with Gasteiger partial charge in [0.25, 0.3) is 11.8 Å². The lowest BCUT2D eigenvalue weighted by atomic mass is 9.84. The normalized spacial score (nSPS) is 15.8. The highest BCUT2D eigenvalue weighted by Crippen LogP contribution is 2.30. The van der Waals surface area contributed by atoms with E-state index in [4.69, 9.17) is 0 Å². The number of nitrogens with one attached hydrogen (secondary N) is 2. The van der Waals surface area contributed by atoms with E-state index in [-0.39, 0.29) is 17.6 Å². The van der Waals surface area contributed by atoms with E-state index >= 15 is 0 Å². The van der Waals surface area contributed by atoms with Crippen molar-refractivity contribution >= 4 is 5.91 Å². The second-order valence-electron chi connectivity index (χ2n) is 7.56. The zero-order valence-corrected chi connectivity index (χ0v) is 17.0. The van der Waals surface area contributed by atoms with Gasteiger partial charge < -0.3 is 20.8 Å². The van der Waals surface area contributed by atoms with Crippen LogP contribution in [0.4, 0.5) is 0 Å². The van der Waals surface area contributed by atoms with Gasteiger partial charge in [0.1, 0.15) is 5.69 Å². The van der Waals surface area contributed by atoms with E-state index in [2.05, 4.69) is 25.6 Å². The topological polar surface area (TPSA) is 120 Å². The molecule has 2 heterocycles. The Morgan fingerprint density at radius 3 is 2.62 bits per heavy atom. The first-order chi connectivity index (χ1) is 14.0. The number of amides is 1. The predicted octanol–water partition coefficient (Wildman–Crippen LogP) is 2.76. The summed E-state index contributed by atoms with van der Waals surface area (Å²) in [6.07, 6.45) is 7.43. The third-order valence-corrected chi connectivity index (χ3v) is 5.43. The number of rotatable bonds is 7. The van der Waals surface area contributed by atoms with Crippen LogP contribution in [0.5, 0.6) is 11.6 Å². The molecule has 1 amide bonds. The zero-order valence-electron chi connectivity index (χ0n) is 17.0. The molecule has 0 saturated heterocycles. The van der Waals surface area contributed by atoms with Crippen molar-refractivity contribution in [3.05, 3.63) is 29.6 Å². The summed E-state index contributed by atoms with van der Waals surface area (Å²) in [5.41, 5.74) is 1.17. The quantitative estimate of drug-likeness (QED) is 0.565. The van der Waals surface area contributed by atoms with Crippen LogP contribution >= 0.6 is 0 Å². The first-order valence-electron chi connectivity index (χ1n) is 10.3. The van der Waals surface area contributed by atoms with Gasteiger partial charge in [-0.25, -0.2) is 4.98 Å². The molecule has 2 aromatic rings. The smallest absolute Gasteiger partial charge is 0.274 e. The van der Waals surface area contributed by atoms with Crippen LogP contribution in [-0.4, -0.2) is 43.7 Å². The molecular formula is C21H29N5O3. The average molecular weight is 399 g/mol. The summed E-state index contributed by atoms with van der Waals surface area (Å²) in [5.74, 6) is -1.28. The van der Waals surface area contributed by atoms with Gasteiger partial charge in [0, 0.05) is 18.8 Å². The monoisotopic (exact) mass is 399 g/mol. The number of pyridine rings is 1. The van der Waals surface area contributed by atoms with Crippen LogP contribution in [0.25, 0.3) is 11.5 Å². The van der Waals surface area contributed by atoms with Crippen molar-refractivity contribution in [2.75, 3.05) is 6.54 Å². The molecule has 1 fully saturated rings. The highest BCUT2D eigenvalue weighted by molar-refractivity contribution is 5.96. The predicted molar refractivity (Wildman–Crippen MR) is 109 cm³/mol. The summed E-state index contributed by atoms with van der Waals surface area (Å²) < 4.78 is 0. The van der Waals surface area contributed by atoms with Crippen LogP contribution in [0.2, 0.25) is 0 Å². The van der Waals surface area contributed by atoms with E-state index in [9.17, 15) is 15.0 Å². The van der Waals surface area contributed by atoms with Gasteiger partial charge in [-0.1, -0.05) is 32.3 Å². The summed E-state index contributed by atoms with van der Waals surface area (Å²) in [6, 6.07) is 3.57. The van der Waals surface area contributed by atoms with E-state index in [1.807, 2.05) is 19.9 Å². The number of aromatic hydroxyl groups is 2. The second kappa shape index (κ2) is 9.65. The van der Waals surface area contributed by atoms with Gasteiger partial charge in [-0.05, 0) is 43.9 Å². The summed E-state index contributed by atoms with van der Waals surface area (Å²) in [4.78, 5) is 25.1. The minimum Gasteiger partial charge on any atom is -0.501 e. The van der Waals surface area contributed by atoms with Crippen LogP contribution in [0, 0.1) is 5.92 Å².